The van der Waals surface area contributed by atoms with Crippen molar-refractivity contribution < 1.29 is 9.53 Å². The predicted octanol–water partition coefficient (Wildman–Crippen LogP) is 3.38. The van der Waals surface area contributed by atoms with Crippen molar-refractivity contribution in [2.24, 2.45) is 0 Å². The summed E-state index contributed by atoms with van der Waals surface area (Å²) in [5.41, 5.74) is 2.93. The Labute approximate surface area is 148 Å². The molecule has 3 rings (SSSR count). The first kappa shape index (κ1) is 17.9. The van der Waals surface area contributed by atoms with Gasteiger partial charge in [-0.05, 0) is 43.3 Å². The number of rotatable bonds is 5. The second kappa shape index (κ2) is 8.45. The molecule has 128 valence electrons. The molecule has 1 aliphatic rings. The molecule has 0 saturated carbocycles. The lowest BCUT2D eigenvalue weighted by Crippen LogP contribution is -2.39. The molecular weight excluding hydrogens is 326 g/mol. The Morgan fingerprint density at radius 1 is 1.21 bits per heavy atom. The molecule has 2 N–H and O–H groups in total. The second-order valence-electron chi connectivity index (χ2n) is 5.37. The number of hydrogen-bond donors (Lipinski definition) is 2. The zero-order chi connectivity index (χ0) is 16.1. The average Bonchev–Trinajstić information content (AvgIpc) is 2.57. The molecule has 2 aromatic rings. The summed E-state index contributed by atoms with van der Waals surface area (Å²) >= 11 is 0. The third-order valence-corrected chi connectivity index (χ3v) is 3.73. The number of carbonyl (C=O) groups is 1. The van der Waals surface area contributed by atoms with Gasteiger partial charge in [0.05, 0.1) is 24.5 Å². The van der Waals surface area contributed by atoms with Crippen molar-refractivity contribution in [2.75, 3.05) is 41.8 Å². The molecular formula is C18H22ClN3O2. The summed E-state index contributed by atoms with van der Waals surface area (Å²) in [5.74, 6) is 0.785. The normalized spacial score (nSPS) is 12.5. The lowest BCUT2D eigenvalue weighted by molar-refractivity contribution is -0.115. The highest BCUT2D eigenvalue weighted by molar-refractivity contribution is 5.95. The van der Waals surface area contributed by atoms with Crippen molar-refractivity contribution >= 4 is 35.4 Å². The number of nitrogens with zero attached hydrogens (tertiary/aromatic N) is 1. The van der Waals surface area contributed by atoms with Gasteiger partial charge >= 0.3 is 0 Å². The molecule has 0 unspecified atom stereocenters. The predicted molar refractivity (Wildman–Crippen MR) is 101 cm³/mol. The standard InChI is InChI=1S/C18H21N3O2.ClH/c1-2-23-15-9-7-14(8-10-15)20-18(22)13-21-12-11-19-16-5-3-4-6-17(16)21;/h3-10,19H,2,11-13H2,1H3,(H,20,22);1H. The van der Waals surface area contributed by atoms with Crippen LogP contribution in [0.25, 0.3) is 0 Å². The first-order valence-corrected chi connectivity index (χ1v) is 7.87. The van der Waals surface area contributed by atoms with Crippen molar-refractivity contribution in [1.82, 2.24) is 0 Å². The van der Waals surface area contributed by atoms with Gasteiger partial charge in [0.2, 0.25) is 5.91 Å². The molecule has 0 aliphatic carbocycles. The largest absolute Gasteiger partial charge is 0.494 e. The van der Waals surface area contributed by atoms with Crippen LogP contribution in [-0.4, -0.2) is 32.1 Å². The minimum atomic E-state index is -0.0223. The summed E-state index contributed by atoms with van der Waals surface area (Å²) in [6.45, 7) is 4.57. The number of anilines is 3. The third-order valence-electron chi connectivity index (χ3n) is 3.73. The molecule has 1 amide bonds. The van der Waals surface area contributed by atoms with E-state index in [-0.39, 0.29) is 18.3 Å². The Morgan fingerprint density at radius 3 is 2.71 bits per heavy atom. The SMILES string of the molecule is CCOc1ccc(NC(=O)CN2CCNc3ccccc32)cc1.Cl. The van der Waals surface area contributed by atoms with Gasteiger partial charge in [0, 0.05) is 18.8 Å². The van der Waals surface area contributed by atoms with Crippen molar-refractivity contribution in [1.29, 1.82) is 0 Å². The molecule has 6 heteroatoms. The summed E-state index contributed by atoms with van der Waals surface area (Å²) in [6.07, 6.45) is 0. The highest BCUT2D eigenvalue weighted by Crippen LogP contribution is 2.28. The number of ether oxygens (including phenoxy) is 1. The minimum Gasteiger partial charge on any atom is -0.494 e. The number of para-hydroxylation sites is 2. The van der Waals surface area contributed by atoms with Crippen LogP contribution in [0.2, 0.25) is 0 Å². The van der Waals surface area contributed by atoms with Gasteiger partial charge in [-0.25, -0.2) is 0 Å². The van der Waals surface area contributed by atoms with E-state index in [1.807, 2.05) is 55.5 Å². The summed E-state index contributed by atoms with van der Waals surface area (Å²) in [6, 6.07) is 15.5. The van der Waals surface area contributed by atoms with Crippen LogP contribution in [0.4, 0.5) is 17.1 Å². The van der Waals surface area contributed by atoms with Crippen LogP contribution in [0.15, 0.2) is 48.5 Å². The van der Waals surface area contributed by atoms with Crippen LogP contribution >= 0.6 is 12.4 Å². The zero-order valence-electron chi connectivity index (χ0n) is 13.6. The third kappa shape index (κ3) is 4.32. The van der Waals surface area contributed by atoms with Gasteiger partial charge in [0.25, 0.3) is 0 Å². The fourth-order valence-electron chi connectivity index (χ4n) is 2.68. The topological polar surface area (TPSA) is 53.6 Å². The van der Waals surface area contributed by atoms with Crippen molar-refractivity contribution in [3.05, 3.63) is 48.5 Å². The van der Waals surface area contributed by atoms with Crippen molar-refractivity contribution in [3.8, 4) is 5.75 Å². The van der Waals surface area contributed by atoms with Gasteiger partial charge in [-0.3, -0.25) is 4.79 Å². The van der Waals surface area contributed by atoms with E-state index in [1.165, 1.54) is 0 Å². The van der Waals surface area contributed by atoms with Crippen molar-refractivity contribution in [2.45, 2.75) is 6.92 Å². The molecule has 0 bridgehead atoms. The first-order valence-electron chi connectivity index (χ1n) is 7.87. The smallest absolute Gasteiger partial charge is 0.243 e. The highest BCUT2D eigenvalue weighted by atomic mass is 35.5. The Morgan fingerprint density at radius 2 is 1.96 bits per heavy atom. The molecule has 0 atom stereocenters. The van der Waals surface area contributed by atoms with Crippen LogP contribution in [0.5, 0.6) is 5.75 Å². The van der Waals surface area contributed by atoms with Gasteiger partial charge in [0.15, 0.2) is 0 Å². The first-order chi connectivity index (χ1) is 11.3. The van der Waals surface area contributed by atoms with Gasteiger partial charge in [-0.15, -0.1) is 12.4 Å². The van der Waals surface area contributed by atoms with Gasteiger partial charge in [-0.2, -0.15) is 0 Å². The van der Waals surface area contributed by atoms with Crippen LogP contribution in [0, 0.1) is 0 Å². The van der Waals surface area contributed by atoms with E-state index >= 15 is 0 Å². The Balaban J connectivity index is 0.00000208. The van der Waals surface area contributed by atoms with Crippen LogP contribution in [0.1, 0.15) is 6.92 Å². The molecule has 0 spiro atoms. The number of amides is 1. The van der Waals surface area contributed by atoms with E-state index in [1.54, 1.807) is 0 Å². The maximum atomic E-state index is 12.3. The van der Waals surface area contributed by atoms with Gasteiger partial charge < -0.3 is 20.3 Å². The van der Waals surface area contributed by atoms with E-state index in [0.29, 0.717) is 13.2 Å². The van der Waals surface area contributed by atoms with E-state index in [0.717, 1.165) is 35.9 Å². The molecule has 5 nitrogen and oxygen atoms in total. The summed E-state index contributed by atoms with van der Waals surface area (Å²) in [5, 5.41) is 6.28. The summed E-state index contributed by atoms with van der Waals surface area (Å²) in [4.78, 5) is 14.4. The lowest BCUT2D eigenvalue weighted by atomic mass is 10.2. The van der Waals surface area contributed by atoms with E-state index < -0.39 is 0 Å². The molecule has 24 heavy (non-hydrogen) atoms. The maximum absolute atomic E-state index is 12.3. The fourth-order valence-corrected chi connectivity index (χ4v) is 2.68. The lowest BCUT2D eigenvalue weighted by Gasteiger charge is -2.31. The highest BCUT2D eigenvalue weighted by Gasteiger charge is 2.18. The van der Waals surface area contributed by atoms with E-state index in [9.17, 15) is 4.79 Å². The fraction of sp³-hybridized carbons (Fsp3) is 0.278. The van der Waals surface area contributed by atoms with Crippen LogP contribution < -0.4 is 20.3 Å². The molecule has 0 radical (unpaired) electrons. The number of nitrogens with one attached hydrogen (secondary N) is 2. The van der Waals surface area contributed by atoms with Gasteiger partial charge in [-0.1, -0.05) is 12.1 Å². The average molecular weight is 348 g/mol. The molecule has 0 fully saturated rings. The Kier molecular flexibility index (Phi) is 6.32. The molecule has 2 aromatic carbocycles. The molecule has 0 saturated heterocycles. The quantitative estimate of drug-likeness (QED) is 0.870. The Hall–Kier alpha value is -2.40. The molecule has 0 aromatic heterocycles. The van der Waals surface area contributed by atoms with Gasteiger partial charge in [0.1, 0.15) is 5.75 Å². The number of carbonyl (C=O) groups excluding carboxylic acids is 1. The molecule has 1 heterocycles. The number of hydrogen-bond acceptors (Lipinski definition) is 4. The number of halogens is 1. The summed E-state index contributed by atoms with van der Waals surface area (Å²) in [7, 11) is 0. The maximum Gasteiger partial charge on any atom is 0.243 e. The van der Waals surface area contributed by atoms with Crippen molar-refractivity contribution in [3.63, 3.8) is 0 Å². The number of fused-ring (bicyclic) bond motifs is 1. The second-order valence-corrected chi connectivity index (χ2v) is 5.37. The van der Waals surface area contributed by atoms with Crippen LogP contribution in [0.3, 0.4) is 0 Å². The minimum absolute atomic E-state index is 0. The van der Waals surface area contributed by atoms with E-state index in [4.69, 9.17) is 4.74 Å². The number of benzene rings is 2. The summed E-state index contributed by atoms with van der Waals surface area (Å²) < 4.78 is 5.40. The molecule has 1 aliphatic heterocycles. The van der Waals surface area contributed by atoms with Crippen LogP contribution in [-0.2, 0) is 4.79 Å². The Bertz CT molecular complexity index is 676. The monoisotopic (exact) mass is 347 g/mol. The van der Waals surface area contributed by atoms with E-state index in [2.05, 4.69) is 15.5 Å². The zero-order valence-corrected chi connectivity index (χ0v) is 14.4.